The van der Waals surface area contributed by atoms with E-state index in [4.69, 9.17) is 9.47 Å². The highest BCUT2D eigenvalue weighted by Crippen LogP contribution is 2.46. The number of carbonyl (C=O) groups excluding carboxylic acids is 2. The second kappa shape index (κ2) is 11.0. The Balaban J connectivity index is 1.49. The number of benzene rings is 2. The van der Waals surface area contributed by atoms with Crippen molar-refractivity contribution in [2.45, 2.75) is 50.5 Å². The van der Waals surface area contributed by atoms with Crippen LogP contribution < -0.4 is 10.2 Å². The predicted octanol–water partition coefficient (Wildman–Crippen LogP) is 4.74. The molecule has 2 aromatic rings. The number of esters is 1. The molecule has 2 heterocycles. The zero-order valence-corrected chi connectivity index (χ0v) is 22.4. The van der Waals surface area contributed by atoms with Crippen molar-refractivity contribution in [1.29, 1.82) is 0 Å². The fourth-order valence-corrected chi connectivity index (χ4v) is 5.73. The third-order valence-electron chi connectivity index (χ3n) is 7.79. The number of hydrogen-bond acceptors (Lipinski definition) is 8. The number of ether oxygens (including phenoxy) is 2. The molecule has 0 radical (unpaired) electrons. The maximum absolute atomic E-state index is 13.8. The van der Waals surface area contributed by atoms with Crippen LogP contribution in [0.15, 0.2) is 71.1 Å². The number of anilines is 1. The summed E-state index contributed by atoms with van der Waals surface area (Å²) in [5, 5.41) is 14.6. The van der Waals surface area contributed by atoms with Crippen LogP contribution in [0.1, 0.15) is 55.6 Å². The van der Waals surface area contributed by atoms with Gasteiger partial charge in [-0.15, -0.1) is 0 Å². The van der Waals surface area contributed by atoms with Crippen LogP contribution in [0, 0.1) is 10.1 Å². The molecule has 0 saturated carbocycles. The van der Waals surface area contributed by atoms with Crippen LogP contribution in [0.3, 0.4) is 0 Å². The lowest BCUT2D eigenvalue weighted by molar-refractivity contribution is -0.384. The molecule has 1 aliphatic carbocycles. The van der Waals surface area contributed by atoms with Crippen LogP contribution >= 0.6 is 0 Å². The molecule has 1 saturated heterocycles. The second-order valence-corrected chi connectivity index (χ2v) is 10.6. The highest BCUT2D eigenvalue weighted by molar-refractivity contribution is 6.04. The number of carbonyl (C=O) groups is 2. The van der Waals surface area contributed by atoms with Crippen molar-refractivity contribution in [2.24, 2.45) is 0 Å². The van der Waals surface area contributed by atoms with E-state index in [1.807, 2.05) is 38.1 Å². The fourth-order valence-electron chi connectivity index (χ4n) is 5.73. The first kappa shape index (κ1) is 26.6. The van der Waals surface area contributed by atoms with Gasteiger partial charge in [-0.2, -0.15) is 0 Å². The second-order valence-electron chi connectivity index (χ2n) is 10.6. The van der Waals surface area contributed by atoms with E-state index in [9.17, 15) is 19.7 Å². The van der Waals surface area contributed by atoms with E-state index in [2.05, 4.69) is 17.4 Å². The molecule has 204 valence electrons. The number of dihydropyridines is 1. The Kier molecular flexibility index (Phi) is 7.52. The molecule has 2 aliphatic heterocycles. The fraction of sp³-hybridized carbons (Fsp3) is 0.400. The predicted molar refractivity (Wildman–Crippen MR) is 146 cm³/mol. The van der Waals surface area contributed by atoms with Crippen LogP contribution in [-0.2, 0) is 19.1 Å². The highest BCUT2D eigenvalue weighted by atomic mass is 16.6. The topological polar surface area (TPSA) is 111 Å². The summed E-state index contributed by atoms with van der Waals surface area (Å²) in [6.45, 7) is 2.61. The Labute approximate surface area is 227 Å². The minimum absolute atomic E-state index is 0.00158. The monoisotopic (exact) mass is 531 g/mol. The number of hydrogen-bond donors (Lipinski definition) is 1. The molecule has 39 heavy (non-hydrogen) atoms. The molecule has 0 amide bonds. The number of non-ortho nitro benzene ring substituents is 1. The Morgan fingerprint density at radius 3 is 2.41 bits per heavy atom. The van der Waals surface area contributed by atoms with Gasteiger partial charge in [0.2, 0.25) is 0 Å². The highest BCUT2D eigenvalue weighted by Gasteiger charge is 2.41. The Hall–Kier alpha value is -3.98. The summed E-state index contributed by atoms with van der Waals surface area (Å²) in [4.78, 5) is 40.1. The summed E-state index contributed by atoms with van der Waals surface area (Å²) >= 11 is 0. The number of nitrogens with one attached hydrogen (secondary N) is 1. The number of ketones is 1. The zero-order valence-electron chi connectivity index (χ0n) is 22.4. The van der Waals surface area contributed by atoms with Crippen LogP contribution in [0.25, 0.3) is 0 Å². The lowest BCUT2D eigenvalue weighted by Gasteiger charge is -2.36. The third-order valence-corrected chi connectivity index (χ3v) is 7.79. The van der Waals surface area contributed by atoms with E-state index in [0.717, 1.165) is 29.8 Å². The average molecular weight is 532 g/mol. The van der Waals surface area contributed by atoms with Crippen LogP contribution in [-0.4, -0.2) is 50.1 Å². The summed E-state index contributed by atoms with van der Waals surface area (Å²) < 4.78 is 11.3. The number of Topliss-reactive ketones (excluding diaryl/α,β-unsaturated/α-hetero) is 1. The van der Waals surface area contributed by atoms with E-state index < -0.39 is 16.8 Å². The summed E-state index contributed by atoms with van der Waals surface area (Å²) in [6.07, 6.45) is 2.56. The van der Waals surface area contributed by atoms with Crippen molar-refractivity contribution in [2.75, 3.05) is 32.2 Å². The third kappa shape index (κ3) is 5.45. The van der Waals surface area contributed by atoms with Crippen molar-refractivity contribution < 1.29 is 24.0 Å². The van der Waals surface area contributed by atoms with Gasteiger partial charge in [0, 0.05) is 67.8 Å². The SMILES string of the molecule is CC1=C(C(=O)OCC2CCCO2)C(c2ccc([N+](=O)[O-])cc2)C2=C(CC(c3ccc(N(C)C)cc3)CC2=O)N1. The molecule has 3 unspecified atom stereocenters. The maximum atomic E-state index is 13.8. The lowest BCUT2D eigenvalue weighted by Crippen LogP contribution is -2.36. The Morgan fingerprint density at radius 2 is 1.79 bits per heavy atom. The van der Waals surface area contributed by atoms with Crippen molar-refractivity contribution in [3.8, 4) is 0 Å². The van der Waals surface area contributed by atoms with Crippen molar-refractivity contribution in [1.82, 2.24) is 5.32 Å². The first-order valence-corrected chi connectivity index (χ1v) is 13.3. The van der Waals surface area contributed by atoms with Gasteiger partial charge in [0.1, 0.15) is 6.61 Å². The molecular formula is C30H33N3O6. The van der Waals surface area contributed by atoms with E-state index in [1.54, 1.807) is 12.1 Å². The molecule has 0 bridgehead atoms. The molecule has 5 rings (SSSR count). The molecule has 3 aliphatic rings. The molecule has 9 nitrogen and oxygen atoms in total. The summed E-state index contributed by atoms with van der Waals surface area (Å²) in [6, 6.07) is 14.3. The number of nitro groups is 1. The normalized spacial score (nSPS) is 22.8. The van der Waals surface area contributed by atoms with Crippen LogP contribution in [0.5, 0.6) is 0 Å². The number of nitrogens with zero attached hydrogens (tertiary/aromatic N) is 2. The Bertz CT molecular complexity index is 1340. The zero-order chi connectivity index (χ0) is 27.7. The van der Waals surface area contributed by atoms with Crippen LogP contribution in [0.4, 0.5) is 11.4 Å². The molecular weight excluding hydrogens is 498 g/mol. The molecule has 0 spiro atoms. The molecule has 1 fully saturated rings. The van der Waals surface area contributed by atoms with Gasteiger partial charge in [-0.1, -0.05) is 24.3 Å². The number of nitro benzene ring substituents is 1. The van der Waals surface area contributed by atoms with Crippen molar-refractivity contribution in [3.63, 3.8) is 0 Å². The van der Waals surface area contributed by atoms with E-state index in [-0.39, 0.29) is 30.1 Å². The summed E-state index contributed by atoms with van der Waals surface area (Å²) in [5.41, 5.74) is 5.02. The van der Waals surface area contributed by atoms with Gasteiger partial charge in [-0.3, -0.25) is 14.9 Å². The van der Waals surface area contributed by atoms with Crippen molar-refractivity contribution in [3.05, 3.63) is 92.3 Å². The van der Waals surface area contributed by atoms with E-state index >= 15 is 0 Å². The van der Waals surface area contributed by atoms with E-state index in [0.29, 0.717) is 41.9 Å². The van der Waals surface area contributed by atoms with E-state index in [1.165, 1.54) is 12.1 Å². The van der Waals surface area contributed by atoms with Gasteiger partial charge in [0.15, 0.2) is 5.78 Å². The smallest absolute Gasteiger partial charge is 0.336 e. The number of rotatable bonds is 7. The summed E-state index contributed by atoms with van der Waals surface area (Å²) in [5.74, 6) is -1.24. The lowest BCUT2D eigenvalue weighted by atomic mass is 9.71. The molecule has 2 aromatic carbocycles. The molecule has 1 N–H and O–H groups in total. The Morgan fingerprint density at radius 1 is 1.10 bits per heavy atom. The summed E-state index contributed by atoms with van der Waals surface area (Å²) in [7, 11) is 3.97. The first-order chi connectivity index (χ1) is 18.7. The van der Waals surface area contributed by atoms with Crippen LogP contribution in [0.2, 0.25) is 0 Å². The molecule has 9 heteroatoms. The van der Waals surface area contributed by atoms with Gasteiger partial charge in [-0.05, 0) is 55.4 Å². The number of allylic oxidation sites excluding steroid dienone is 3. The van der Waals surface area contributed by atoms with Gasteiger partial charge in [0.05, 0.1) is 16.6 Å². The standard InChI is InChI=1S/C30H33N3O6/c1-18-27(30(35)39-17-24-5-4-14-38-24)28(20-8-12-23(13-9-20)33(36)37)29-25(31-18)15-21(16-26(29)34)19-6-10-22(11-7-19)32(2)3/h6-13,21,24,28,31H,4-5,14-17H2,1-3H3. The first-order valence-electron chi connectivity index (χ1n) is 13.3. The van der Waals surface area contributed by atoms with Crippen molar-refractivity contribution >= 4 is 23.1 Å². The van der Waals surface area contributed by atoms with Gasteiger partial charge in [0.25, 0.3) is 5.69 Å². The van der Waals surface area contributed by atoms with Gasteiger partial charge < -0.3 is 19.7 Å². The largest absolute Gasteiger partial charge is 0.459 e. The molecule has 3 atom stereocenters. The van der Waals surface area contributed by atoms with Gasteiger partial charge in [-0.25, -0.2) is 4.79 Å². The quantitative estimate of drug-likeness (QED) is 0.310. The minimum atomic E-state index is -0.677. The maximum Gasteiger partial charge on any atom is 0.336 e. The minimum Gasteiger partial charge on any atom is -0.459 e. The van der Waals surface area contributed by atoms with Gasteiger partial charge >= 0.3 is 5.97 Å². The molecule has 0 aromatic heterocycles. The average Bonchev–Trinajstić information content (AvgIpc) is 3.45.